The molecule has 2 rings (SSSR count). The molecule has 1 fully saturated rings. The summed E-state index contributed by atoms with van der Waals surface area (Å²) in [6.07, 6.45) is 4.86. The fourth-order valence-electron chi connectivity index (χ4n) is 2.15. The number of aliphatic hydroxyl groups is 1. The minimum atomic E-state index is -0.0498. The van der Waals surface area contributed by atoms with Crippen LogP contribution in [-0.2, 0) is 0 Å². The van der Waals surface area contributed by atoms with Gasteiger partial charge in [0, 0.05) is 24.3 Å². The molecule has 4 N–H and O–H groups in total. The second-order valence-corrected chi connectivity index (χ2v) is 4.86. The Balaban J connectivity index is 2.36. The van der Waals surface area contributed by atoms with Crippen LogP contribution in [0.15, 0.2) is 17.4 Å². The van der Waals surface area contributed by atoms with Gasteiger partial charge in [-0.2, -0.15) is 0 Å². The van der Waals surface area contributed by atoms with Gasteiger partial charge in [0.1, 0.15) is 5.82 Å². The molecule has 1 saturated carbocycles. The summed E-state index contributed by atoms with van der Waals surface area (Å²) in [6.45, 7) is 0.499. The molecule has 0 saturated heterocycles. The molecule has 1 aromatic rings. The van der Waals surface area contributed by atoms with Crippen molar-refractivity contribution in [2.75, 3.05) is 18.1 Å². The number of nitrogens with two attached hydrogens (primary N) is 1. The summed E-state index contributed by atoms with van der Waals surface area (Å²) in [6, 6.07) is 1.94. The van der Waals surface area contributed by atoms with E-state index < -0.39 is 0 Å². The third kappa shape index (κ3) is 2.74. The number of oxime groups is 1. The Bertz CT molecular complexity index is 477. The maximum absolute atomic E-state index is 9.18. The quantitative estimate of drug-likeness (QED) is 0.327. The molecule has 1 aromatic heterocycles. The van der Waals surface area contributed by atoms with Crippen molar-refractivity contribution in [1.82, 2.24) is 4.98 Å². The fourth-order valence-corrected chi connectivity index (χ4v) is 2.47. The topological polar surface area (TPSA) is 95.0 Å². The zero-order valence-electron chi connectivity index (χ0n) is 10.5. The molecule has 0 radical (unpaired) electrons. The van der Waals surface area contributed by atoms with E-state index in [-0.39, 0.29) is 12.4 Å². The molecule has 0 aliphatic heterocycles. The standard InChI is InChI=1S/C12H17ClN4O2/c13-10-9(11(14)16-19)4-5-15-12(10)17(6-7-18)8-2-1-3-8/h4-5,8,18-19H,1-3,6-7H2,(H2,14,16). The fraction of sp³-hybridized carbons (Fsp3) is 0.500. The average Bonchev–Trinajstić information content (AvgIpc) is 2.36. The van der Waals surface area contributed by atoms with E-state index in [1.807, 2.05) is 4.90 Å². The largest absolute Gasteiger partial charge is 0.409 e. The number of hydrogen-bond donors (Lipinski definition) is 3. The Hall–Kier alpha value is -1.53. The smallest absolute Gasteiger partial charge is 0.171 e. The van der Waals surface area contributed by atoms with E-state index in [0.717, 1.165) is 12.8 Å². The third-order valence-corrected chi connectivity index (χ3v) is 3.76. The normalized spacial score (nSPS) is 16.2. The predicted octanol–water partition coefficient (Wildman–Crippen LogP) is 1.18. The lowest BCUT2D eigenvalue weighted by Gasteiger charge is -2.38. The maximum Gasteiger partial charge on any atom is 0.171 e. The van der Waals surface area contributed by atoms with E-state index in [4.69, 9.17) is 22.5 Å². The zero-order chi connectivity index (χ0) is 13.8. The van der Waals surface area contributed by atoms with Gasteiger partial charge < -0.3 is 20.9 Å². The van der Waals surface area contributed by atoms with E-state index in [9.17, 15) is 5.11 Å². The first-order valence-electron chi connectivity index (χ1n) is 6.19. The first-order chi connectivity index (χ1) is 9.19. The predicted molar refractivity (Wildman–Crippen MR) is 73.8 cm³/mol. The highest BCUT2D eigenvalue weighted by Crippen LogP contribution is 2.33. The summed E-state index contributed by atoms with van der Waals surface area (Å²) < 4.78 is 0. The molecule has 0 spiro atoms. The van der Waals surface area contributed by atoms with Gasteiger partial charge in [-0.05, 0) is 25.3 Å². The highest BCUT2D eigenvalue weighted by atomic mass is 35.5. The van der Waals surface area contributed by atoms with Crippen LogP contribution in [0, 0.1) is 0 Å². The van der Waals surface area contributed by atoms with E-state index in [2.05, 4.69) is 10.1 Å². The van der Waals surface area contributed by atoms with Gasteiger partial charge in [-0.25, -0.2) is 4.98 Å². The Morgan fingerprint density at radius 1 is 1.58 bits per heavy atom. The van der Waals surface area contributed by atoms with Gasteiger partial charge in [0.05, 0.1) is 11.6 Å². The second-order valence-electron chi connectivity index (χ2n) is 4.48. The van der Waals surface area contributed by atoms with Gasteiger partial charge in [-0.3, -0.25) is 0 Å². The SMILES string of the molecule is N/C(=N/O)c1ccnc(N(CCO)C2CCC2)c1Cl. The maximum atomic E-state index is 9.18. The van der Waals surface area contributed by atoms with E-state index in [1.54, 1.807) is 12.3 Å². The number of rotatable bonds is 5. The highest BCUT2D eigenvalue weighted by Gasteiger charge is 2.28. The van der Waals surface area contributed by atoms with Crippen LogP contribution in [0.2, 0.25) is 5.02 Å². The molecular formula is C12H17ClN4O2. The molecule has 0 amide bonds. The number of aliphatic hydroxyl groups excluding tert-OH is 1. The van der Waals surface area contributed by atoms with Crippen LogP contribution in [0.25, 0.3) is 0 Å². The first-order valence-corrected chi connectivity index (χ1v) is 6.56. The summed E-state index contributed by atoms with van der Waals surface area (Å²) in [5.41, 5.74) is 6.02. The van der Waals surface area contributed by atoms with Crippen LogP contribution in [0.5, 0.6) is 0 Å². The number of hydrogen-bond acceptors (Lipinski definition) is 5. The number of anilines is 1. The Labute approximate surface area is 116 Å². The van der Waals surface area contributed by atoms with Gasteiger partial charge in [0.15, 0.2) is 5.84 Å². The molecule has 19 heavy (non-hydrogen) atoms. The van der Waals surface area contributed by atoms with Crippen molar-refractivity contribution < 1.29 is 10.3 Å². The molecule has 0 unspecified atom stereocenters. The average molecular weight is 285 g/mol. The van der Waals surface area contributed by atoms with Gasteiger partial charge >= 0.3 is 0 Å². The van der Waals surface area contributed by atoms with Crippen LogP contribution < -0.4 is 10.6 Å². The summed E-state index contributed by atoms with van der Waals surface area (Å²) in [5, 5.41) is 21.2. The van der Waals surface area contributed by atoms with E-state index in [1.165, 1.54) is 6.42 Å². The number of nitrogens with zero attached hydrogens (tertiary/aromatic N) is 3. The molecular weight excluding hydrogens is 268 g/mol. The van der Waals surface area contributed by atoms with Crippen molar-refractivity contribution >= 4 is 23.3 Å². The van der Waals surface area contributed by atoms with Gasteiger partial charge in [-0.15, -0.1) is 0 Å². The van der Waals surface area contributed by atoms with Crippen molar-refractivity contribution in [3.63, 3.8) is 0 Å². The monoisotopic (exact) mass is 284 g/mol. The Morgan fingerprint density at radius 3 is 2.84 bits per heavy atom. The van der Waals surface area contributed by atoms with Crippen molar-refractivity contribution in [3.8, 4) is 0 Å². The van der Waals surface area contributed by atoms with Crippen molar-refractivity contribution in [1.29, 1.82) is 0 Å². The molecule has 7 heteroatoms. The van der Waals surface area contributed by atoms with Crippen molar-refractivity contribution in [2.45, 2.75) is 25.3 Å². The molecule has 1 aliphatic carbocycles. The summed E-state index contributed by atoms with van der Waals surface area (Å²) >= 11 is 6.28. The number of pyridine rings is 1. The van der Waals surface area contributed by atoms with E-state index >= 15 is 0 Å². The Kier molecular flexibility index (Phi) is 4.44. The lowest BCUT2D eigenvalue weighted by atomic mass is 9.91. The minimum absolute atomic E-state index is 0.0301. The number of aromatic nitrogens is 1. The van der Waals surface area contributed by atoms with Gasteiger partial charge in [0.2, 0.25) is 0 Å². The van der Waals surface area contributed by atoms with Crippen LogP contribution in [0.3, 0.4) is 0 Å². The molecule has 104 valence electrons. The van der Waals surface area contributed by atoms with Crippen LogP contribution in [-0.4, -0.2) is 40.3 Å². The lowest BCUT2D eigenvalue weighted by Crippen LogP contribution is -2.42. The zero-order valence-corrected chi connectivity index (χ0v) is 11.2. The van der Waals surface area contributed by atoms with Crippen molar-refractivity contribution in [2.24, 2.45) is 10.9 Å². The van der Waals surface area contributed by atoms with E-state index in [0.29, 0.717) is 29.0 Å². The molecule has 1 aliphatic rings. The van der Waals surface area contributed by atoms with Crippen LogP contribution >= 0.6 is 11.6 Å². The first kappa shape index (κ1) is 13.9. The summed E-state index contributed by atoms with van der Waals surface area (Å²) in [7, 11) is 0. The molecule has 6 nitrogen and oxygen atoms in total. The third-order valence-electron chi connectivity index (χ3n) is 3.38. The summed E-state index contributed by atoms with van der Waals surface area (Å²) in [4.78, 5) is 6.25. The number of halogens is 1. The molecule has 0 atom stereocenters. The van der Waals surface area contributed by atoms with Crippen LogP contribution in [0.1, 0.15) is 24.8 Å². The lowest BCUT2D eigenvalue weighted by molar-refractivity contribution is 0.283. The molecule has 0 aromatic carbocycles. The van der Waals surface area contributed by atoms with Crippen molar-refractivity contribution in [3.05, 3.63) is 22.8 Å². The van der Waals surface area contributed by atoms with Gasteiger partial charge in [-0.1, -0.05) is 16.8 Å². The Morgan fingerprint density at radius 2 is 2.32 bits per heavy atom. The second kappa shape index (κ2) is 6.08. The highest BCUT2D eigenvalue weighted by molar-refractivity contribution is 6.36. The molecule has 1 heterocycles. The summed E-state index contributed by atoms with van der Waals surface area (Å²) in [5.74, 6) is 0.524. The van der Waals surface area contributed by atoms with Crippen LogP contribution in [0.4, 0.5) is 5.82 Å². The minimum Gasteiger partial charge on any atom is -0.409 e. The molecule has 0 bridgehead atoms. The van der Waals surface area contributed by atoms with Gasteiger partial charge in [0.25, 0.3) is 0 Å². The number of amidine groups is 1.